The molecule has 9 nitrogen and oxygen atoms in total. The number of fused-ring (bicyclic) bond motifs is 1. The van der Waals surface area contributed by atoms with E-state index in [1.807, 2.05) is 33.4 Å². The number of esters is 1. The molecule has 1 N–H and O–H groups in total. The summed E-state index contributed by atoms with van der Waals surface area (Å²) in [7, 11) is -7.96. The van der Waals surface area contributed by atoms with Crippen LogP contribution in [0.4, 0.5) is 0 Å². The third-order valence-corrected chi connectivity index (χ3v) is 11.6. The lowest BCUT2D eigenvalue weighted by atomic mass is 9.84. The quantitative estimate of drug-likeness (QED) is 0.210. The maximum atomic E-state index is 12.9. The van der Waals surface area contributed by atoms with Crippen LogP contribution in [0.15, 0.2) is 12.1 Å². The average molecular weight is 793 g/mol. The third kappa shape index (κ3) is 4.01. The molecule has 3 aliphatic rings. The molecule has 1 aromatic rings. The molecule has 1 aromatic carbocycles. The number of carbonyl (C=O) groups excluding carboxylic acids is 2. The SMILES string of the molecule is CS(=O)(=O)NC(=O)C1C2CC3C(OS(=O)(=O)C31)C2OC(=O)c1cc(I)cc(I)c1I. The van der Waals surface area contributed by atoms with Crippen LogP contribution in [0.5, 0.6) is 0 Å². The number of carbonyl (C=O) groups is 2. The summed E-state index contributed by atoms with van der Waals surface area (Å²) in [6.07, 6.45) is -0.707. The monoisotopic (exact) mass is 793 g/mol. The zero-order chi connectivity index (χ0) is 22.2. The minimum absolute atomic E-state index is 0.301. The fourth-order valence-electron chi connectivity index (χ4n) is 4.63. The highest BCUT2D eigenvalue weighted by atomic mass is 127. The molecule has 2 aliphatic carbocycles. The van der Waals surface area contributed by atoms with Gasteiger partial charge >= 0.3 is 5.97 Å². The second kappa shape index (κ2) is 7.91. The van der Waals surface area contributed by atoms with E-state index in [4.69, 9.17) is 8.92 Å². The number of sulfonamides is 1. The molecule has 1 heterocycles. The molecule has 2 saturated carbocycles. The highest BCUT2D eigenvalue weighted by molar-refractivity contribution is 14.1. The van der Waals surface area contributed by atoms with Crippen molar-refractivity contribution < 1.29 is 35.3 Å². The normalized spacial score (nSPS) is 33.5. The van der Waals surface area contributed by atoms with E-state index in [-0.39, 0.29) is 0 Å². The van der Waals surface area contributed by atoms with Crippen molar-refractivity contribution in [1.82, 2.24) is 4.72 Å². The van der Waals surface area contributed by atoms with Crippen molar-refractivity contribution in [2.24, 2.45) is 17.8 Å². The molecule has 164 valence electrons. The van der Waals surface area contributed by atoms with Crippen molar-refractivity contribution in [2.45, 2.75) is 23.9 Å². The first kappa shape index (κ1) is 23.4. The van der Waals surface area contributed by atoms with Crippen LogP contribution in [0, 0.1) is 28.5 Å². The van der Waals surface area contributed by atoms with Crippen LogP contribution in [0.1, 0.15) is 16.8 Å². The van der Waals surface area contributed by atoms with Gasteiger partial charge in [0.2, 0.25) is 15.9 Å². The number of hydrogen-bond acceptors (Lipinski definition) is 8. The molecule has 1 aliphatic heterocycles. The smallest absolute Gasteiger partial charge is 0.339 e. The van der Waals surface area contributed by atoms with Gasteiger partial charge in [-0.15, -0.1) is 0 Å². The van der Waals surface area contributed by atoms with E-state index >= 15 is 0 Å². The van der Waals surface area contributed by atoms with E-state index in [0.29, 0.717) is 15.6 Å². The molecule has 6 atom stereocenters. The molecule has 1 amide bonds. The predicted molar refractivity (Wildman–Crippen MR) is 129 cm³/mol. The molecule has 0 spiro atoms. The maximum absolute atomic E-state index is 12.9. The van der Waals surface area contributed by atoms with Gasteiger partial charge in [-0.1, -0.05) is 0 Å². The van der Waals surface area contributed by atoms with Crippen molar-refractivity contribution in [1.29, 1.82) is 0 Å². The van der Waals surface area contributed by atoms with Gasteiger partial charge in [-0.2, -0.15) is 8.42 Å². The standard InChI is InChI=1S/C16H14I3NO8S2/c1-29(23,24)20-15(21)10-6-4-8-13(28-30(25,26)14(8)10)12(6)27-16(22)7-2-5(17)3-9(18)11(7)19/h2-3,6,8,10,12-14H,4H2,1H3,(H,20,21). The average Bonchev–Trinajstić information content (AvgIpc) is 3.18. The van der Waals surface area contributed by atoms with Crippen LogP contribution in [0.25, 0.3) is 0 Å². The van der Waals surface area contributed by atoms with Gasteiger partial charge in [-0.25, -0.2) is 13.2 Å². The summed E-state index contributed by atoms with van der Waals surface area (Å²) in [5.41, 5.74) is 0.337. The van der Waals surface area contributed by atoms with Crippen molar-refractivity contribution in [3.05, 3.63) is 28.4 Å². The van der Waals surface area contributed by atoms with Gasteiger partial charge in [-0.3, -0.25) is 13.7 Å². The van der Waals surface area contributed by atoms with E-state index in [2.05, 4.69) is 45.2 Å². The number of nitrogens with one attached hydrogen (secondary N) is 1. The number of halogens is 3. The van der Waals surface area contributed by atoms with E-state index < -0.39 is 67.2 Å². The minimum atomic E-state index is -4.09. The number of ether oxygens (including phenoxy) is 1. The first-order valence-corrected chi connectivity index (χ1v) is 15.2. The van der Waals surface area contributed by atoms with E-state index in [0.717, 1.165) is 13.4 Å². The zero-order valence-electron chi connectivity index (χ0n) is 15.0. The van der Waals surface area contributed by atoms with Crippen LogP contribution in [-0.2, 0) is 33.9 Å². The molecule has 4 rings (SSSR count). The highest BCUT2D eigenvalue weighted by Crippen LogP contribution is 2.58. The lowest BCUT2D eigenvalue weighted by Gasteiger charge is -2.30. The summed E-state index contributed by atoms with van der Waals surface area (Å²) >= 11 is 6.22. The molecule has 30 heavy (non-hydrogen) atoms. The van der Waals surface area contributed by atoms with Crippen molar-refractivity contribution in [3.63, 3.8) is 0 Å². The first-order valence-electron chi connectivity index (χ1n) is 8.59. The second-order valence-corrected chi connectivity index (χ2v) is 14.4. The maximum Gasteiger partial charge on any atom is 0.339 e. The van der Waals surface area contributed by atoms with Gasteiger partial charge in [-0.05, 0) is 86.3 Å². The summed E-state index contributed by atoms with van der Waals surface area (Å²) in [4.78, 5) is 25.5. The van der Waals surface area contributed by atoms with Gasteiger partial charge in [0.15, 0.2) is 0 Å². The lowest BCUT2D eigenvalue weighted by molar-refractivity contribution is -0.127. The van der Waals surface area contributed by atoms with Crippen molar-refractivity contribution in [2.75, 3.05) is 6.26 Å². The van der Waals surface area contributed by atoms with Gasteiger partial charge in [0.05, 0.1) is 17.7 Å². The summed E-state index contributed by atoms with van der Waals surface area (Å²) in [5, 5.41) is -1.14. The molecule has 14 heteroatoms. The number of amides is 1. The lowest BCUT2D eigenvalue weighted by Crippen LogP contribution is -2.49. The van der Waals surface area contributed by atoms with Crippen molar-refractivity contribution in [3.8, 4) is 0 Å². The summed E-state index contributed by atoms with van der Waals surface area (Å²) in [5.74, 6) is -3.89. The predicted octanol–water partition coefficient (Wildman–Crippen LogP) is 1.46. The van der Waals surface area contributed by atoms with Crippen LogP contribution in [-0.4, -0.2) is 52.4 Å². The zero-order valence-corrected chi connectivity index (χ0v) is 23.1. The fourth-order valence-corrected chi connectivity index (χ4v) is 9.58. The Bertz CT molecular complexity index is 1170. The summed E-state index contributed by atoms with van der Waals surface area (Å²) < 4.78 is 63.2. The topological polar surface area (TPSA) is 133 Å². The van der Waals surface area contributed by atoms with Crippen molar-refractivity contribution >= 4 is 99.8 Å². The second-order valence-electron chi connectivity index (χ2n) is 7.47. The Morgan fingerprint density at radius 2 is 1.87 bits per heavy atom. The first-order chi connectivity index (χ1) is 13.8. The van der Waals surface area contributed by atoms with E-state index in [1.165, 1.54) is 0 Å². The molecular formula is C16H14I3NO8S2. The molecule has 2 bridgehead atoms. The van der Waals surface area contributed by atoms with Crippen LogP contribution < -0.4 is 4.72 Å². The molecule has 0 radical (unpaired) electrons. The largest absolute Gasteiger partial charge is 0.456 e. The molecular weight excluding hydrogens is 779 g/mol. The number of hydrogen-bond donors (Lipinski definition) is 1. The van der Waals surface area contributed by atoms with E-state index in [1.54, 1.807) is 6.07 Å². The Morgan fingerprint density at radius 3 is 2.50 bits per heavy atom. The minimum Gasteiger partial charge on any atom is -0.456 e. The Kier molecular flexibility index (Phi) is 6.16. The van der Waals surface area contributed by atoms with Gasteiger partial charge in [0.25, 0.3) is 10.1 Å². The molecule has 3 fully saturated rings. The number of rotatable bonds is 4. The number of benzene rings is 1. The fraction of sp³-hybridized carbons (Fsp3) is 0.500. The van der Waals surface area contributed by atoms with Gasteiger partial charge in [0, 0.05) is 22.5 Å². The Hall–Kier alpha value is 0.210. The Balaban J connectivity index is 1.66. The van der Waals surface area contributed by atoms with Crippen LogP contribution in [0.3, 0.4) is 0 Å². The molecule has 1 saturated heterocycles. The summed E-state index contributed by atoms with van der Waals surface area (Å²) in [6, 6.07) is 3.57. The van der Waals surface area contributed by atoms with Gasteiger partial charge in [0.1, 0.15) is 17.5 Å². The van der Waals surface area contributed by atoms with Crippen LogP contribution in [0.2, 0.25) is 0 Å². The van der Waals surface area contributed by atoms with Gasteiger partial charge < -0.3 is 4.74 Å². The molecule has 6 unspecified atom stereocenters. The Labute approximate surface area is 214 Å². The third-order valence-electron chi connectivity index (χ3n) is 5.57. The molecule has 0 aromatic heterocycles. The highest BCUT2D eigenvalue weighted by Gasteiger charge is 2.71. The van der Waals surface area contributed by atoms with Crippen LogP contribution >= 0.6 is 67.8 Å². The summed E-state index contributed by atoms with van der Waals surface area (Å²) in [6.45, 7) is 0. The van der Waals surface area contributed by atoms with E-state index in [9.17, 15) is 26.4 Å². The Morgan fingerprint density at radius 1 is 1.20 bits per heavy atom.